The Bertz CT molecular complexity index is 575. The Morgan fingerprint density at radius 1 is 1.12 bits per heavy atom. The molecule has 1 aromatic carbocycles. The third kappa shape index (κ3) is 1.87. The van der Waals surface area contributed by atoms with Crippen molar-refractivity contribution < 1.29 is 9.90 Å². The fourth-order valence-corrected chi connectivity index (χ4v) is 1.77. The Morgan fingerprint density at radius 2 is 1.81 bits per heavy atom. The highest BCUT2D eigenvalue weighted by atomic mass is 32.1. The van der Waals surface area contributed by atoms with Gasteiger partial charge in [0, 0.05) is 11.9 Å². The minimum Gasteiger partial charge on any atom is -0.478 e. The maximum absolute atomic E-state index is 10.9. The van der Waals surface area contributed by atoms with Crippen molar-refractivity contribution in [1.29, 1.82) is 0 Å². The molecule has 0 aliphatic rings. The number of rotatable bonds is 2. The summed E-state index contributed by atoms with van der Waals surface area (Å²) >= 11 is 5.13. The van der Waals surface area contributed by atoms with Gasteiger partial charge in [0.25, 0.3) is 0 Å². The molecule has 0 unspecified atom stereocenters. The fraction of sp³-hybridized carbons (Fsp3) is 0. The first-order valence-electron chi connectivity index (χ1n) is 4.70. The molecule has 0 fully saturated rings. The molecule has 2 aromatic rings. The normalized spacial score (nSPS) is 10.0. The van der Waals surface area contributed by atoms with Gasteiger partial charge in [-0.3, -0.25) is 0 Å². The zero-order valence-electron chi connectivity index (χ0n) is 8.33. The van der Waals surface area contributed by atoms with Crippen LogP contribution in [0.15, 0.2) is 48.7 Å². The molecule has 0 bridgehead atoms. The summed E-state index contributed by atoms with van der Waals surface area (Å²) in [5.41, 5.74) is 0.997. The van der Waals surface area contributed by atoms with Crippen LogP contribution in [0.25, 0.3) is 5.69 Å². The maximum Gasteiger partial charge on any atom is 0.338 e. The van der Waals surface area contributed by atoms with Gasteiger partial charge in [0.1, 0.15) is 4.64 Å². The van der Waals surface area contributed by atoms with Crippen LogP contribution in [0.5, 0.6) is 0 Å². The molecule has 80 valence electrons. The molecule has 0 saturated carbocycles. The Balaban J connectivity index is 2.64. The number of para-hydroxylation sites is 1. The minimum absolute atomic E-state index is 0.140. The summed E-state index contributed by atoms with van der Waals surface area (Å²) in [5.74, 6) is -1.00. The number of nitrogens with zero attached hydrogens (tertiary/aromatic N) is 1. The molecule has 1 heterocycles. The van der Waals surface area contributed by atoms with Crippen molar-refractivity contribution in [3.8, 4) is 5.69 Å². The number of carboxylic acids is 1. The van der Waals surface area contributed by atoms with Gasteiger partial charge in [0.05, 0.1) is 5.56 Å². The molecule has 0 aliphatic heterocycles. The van der Waals surface area contributed by atoms with E-state index in [4.69, 9.17) is 17.3 Å². The first-order chi connectivity index (χ1) is 7.70. The van der Waals surface area contributed by atoms with Crippen molar-refractivity contribution in [3.63, 3.8) is 0 Å². The summed E-state index contributed by atoms with van der Waals surface area (Å²) < 4.78 is 1.99. The van der Waals surface area contributed by atoms with Gasteiger partial charge in [0.15, 0.2) is 0 Å². The highest BCUT2D eigenvalue weighted by Crippen LogP contribution is 2.11. The molecule has 1 aromatic heterocycles. The zero-order valence-corrected chi connectivity index (χ0v) is 9.15. The minimum atomic E-state index is -1.00. The van der Waals surface area contributed by atoms with Gasteiger partial charge in [0.2, 0.25) is 0 Å². The molecule has 3 nitrogen and oxygen atoms in total. The van der Waals surface area contributed by atoms with Crippen LogP contribution >= 0.6 is 12.2 Å². The SMILES string of the molecule is O=C(O)c1cccn(-c2ccccc2)c1=S. The standard InChI is InChI=1S/C12H9NO2S/c14-12(15)10-7-4-8-13(11(10)16)9-5-2-1-3-6-9/h1-8H,(H,14,15). The van der Waals surface area contributed by atoms with Crippen molar-refractivity contribution in [1.82, 2.24) is 4.57 Å². The highest BCUT2D eigenvalue weighted by molar-refractivity contribution is 7.71. The van der Waals surface area contributed by atoms with Gasteiger partial charge in [-0.15, -0.1) is 0 Å². The van der Waals surface area contributed by atoms with E-state index in [1.807, 2.05) is 30.3 Å². The summed E-state index contributed by atoms with van der Waals surface area (Å²) in [6, 6.07) is 12.6. The lowest BCUT2D eigenvalue weighted by Crippen LogP contribution is -2.04. The van der Waals surface area contributed by atoms with Gasteiger partial charge >= 0.3 is 5.97 Å². The van der Waals surface area contributed by atoms with Crippen LogP contribution in [-0.2, 0) is 0 Å². The molecule has 2 rings (SSSR count). The Morgan fingerprint density at radius 3 is 2.44 bits per heavy atom. The molecule has 16 heavy (non-hydrogen) atoms. The van der Waals surface area contributed by atoms with Crippen LogP contribution in [0.1, 0.15) is 10.4 Å². The Labute approximate surface area is 97.6 Å². The van der Waals surface area contributed by atoms with E-state index in [1.54, 1.807) is 16.8 Å². The second-order valence-corrected chi connectivity index (χ2v) is 3.62. The topological polar surface area (TPSA) is 42.2 Å². The van der Waals surface area contributed by atoms with Crippen molar-refractivity contribution in [3.05, 3.63) is 58.9 Å². The summed E-state index contributed by atoms with van der Waals surface area (Å²) in [5, 5.41) is 8.96. The monoisotopic (exact) mass is 231 g/mol. The summed E-state index contributed by atoms with van der Waals surface area (Å²) in [4.78, 5) is 10.9. The molecule has 0 atom stereocenters. The van der Waals surface area contributed by atoms with E-state index in [1.165, 1.54) is 6.07 Å². The lowest BCUT2D eigenvalue weighted by molar-refractivity contribution is 0.0695. The van der Waals surface area contributed by atoms with Crippen molar-refractivity contribution in [2.75, 3.05) is 0 Å². The molecule has 0 amide bonds. The quantitative estimate of drug-likeness (QED) is 0.808. The number of carboxylic acid groups (broad SMARTS) is 1. The molecule has 4 heteroatoms. The van der Waals surface area contributed by atoms with Crippen molar-refractivity contribution in [2.24, 2.45) is 0 Å². The van der Waals surface area contributed by atoms with E-state index in [2.05, 4.69) is 0 Å². The lowest BCUT2D eigenvalue weighted by Gasteiger charge is -2.07. The second-order valence-electron chi connectivity index (χ2n) is 3.24. The maximum atomic E-state index is 10.9. The van der Waals surface area contributed by atoms with E-state index in [-0.39, 0.29) is 5.56 Å². The Hall–Kier alpha value is -1.94. The predicted molar refractivity (Wildman–Crippen MR) is 63.6 cm³/mol. The second kappa shape index (κ2) is 4.28. The van der Waals surface area contributed by atoms with E-state index < -0.39 is 5.97 Å². The number of hydrogen-bond acceptors (Lipinski definition) is 2. The number of hydrogen-bond donors (Lipinski definition) is 1. The highest BCUT2D eigenvalue weighted by Gasteiger charge is 2.07. The third-order valence-corrected chi connectivity index (χ3v) is 2.63. The van der Waals surface area contributed by atoms with Gasteiger partial charge in [-0.1, -0.05) is 30.4 Å². The first-order valence-corrected chi connectivity index (χ1v) is 5.11. The number of benzene rings is 1. The number of aromatic nitrogens is 1. The van der Waals surface area contributed by atoms with Crippen LogP contribution in [0, 0.1) is 4.64 Å². The molecular weight excluding hydrogens is 222 g/mol. The van der Waals surface area contributed by atoms with Gasteiger partial charge < -0.3 is 9.67 Å². The van der Waals surface area contributed by atoms with Crippen LogP contribution in [0.2, 0.25) is 0 Å². The van der Waals surface area contributed by atoms with Crippen LogP contribution in [0.4, 0.5) is 0 Å². The summed E-state index contributed by atoms with van der Waals surface area (Å²) in [7, 11) is 0. The van der Waals surface area contributed by atoms with E-state index in [9.17, 15) is 4.79 Å². The number of pyridine rings is 1. The Kier molecular flexibility index (Phi) is 2.83. The van der Waals surface area contributed by atoms with Crippen molar-refractivity contribution >= 4 is 18.2 Å². The van der Waals surface area contributed by atoms with Gasteiger partial charge in [-0.2, -0.15) is 0 Å². The van der Waals surface area contributed by atoms with E-state index >= 15 is 0 Å². The van der Waals surface area contributed by atoms with Crippen LogP contribution in [-0.4, -0.2) is 15.6 Å². The lowest BCUT2D eigenvalue weighted by atomic mass is 10.2. The largest absolute Gasteiger partial charge is 0.478 e. The van der Waals surface area contributed by atoms with Crippen LogP contribution < -0.4 is 0 Å². The smallest absolute Gasteiger partial charge is 0.338 e. The summed E-state index contributed by atoms with van der Waals surface area (Å²) in [6.45, 7) is 0. The zero-order chi connectivity index (χ0) is 11.5. The third-order valence-electron chi connectivity index (χ3n) is 2.21. The van der Waals surface area contributed by atoms with Crippen LogP contribution in [0.3, 0.4) is 0 Å². The molecule has 0 saturated heterocycles. The molecule has 0 aliphatic carbocycles. The first kappa shape index (κ1) is 10.6. The molecule has 0 radical (unpaired) electrons. The molecule has 1 N–H and O–H groups in total. The van der Waals surface area contributed by atoms with Gasteiger partial charge in [-0.25, -0.2) is 4.79 Å². The molecule has 0 spiro atoms. The fourth-order valence-electron chi connectivity index (χ4n) is 1.45. The average Bonchev–Trinajstić information content (AvgIpc) is 2.30. The number of aromatic carboxylic acids is 1. The number of carbonyl (C=O) groups is 1. The molecular formula is C12H9NO2S. The van der Waals surface area contributed by atoms with Gasteiger partial charge in [-0.05, 0) is 24.3 Å². The predicted octanol–water partition coefficient (Wildman–Crippen LogP) is 2.90. The average molecular weight is 231 g/mol. The summed E-state index contributed by atoms with van der Waals surface area (Å²) in [6.07, 6.45) is 1.75. The van der Waals surface area contributed by atoms with E-state index in [0.29, 0.717) is 4.64 Å². The van der Waals surface area contributed by atoms with E-state index in [0.717, 1.165) is 5.69 Å². The van der Waals surface area contributed by atoms with Crippen molar-refractivity contribution in [2.45, 2.75) is 0 Å².